The molecule has 0 aromatic heterocycles. The Hall–Kier alpha value is -1.08. The molecule has 1 N–H and O–H groups in total. The van der Waals surface area contributed by atoms with Gasteiger partial charge in [-0.1, -0.05) is 6.92 Å². The molecule has 0 aliphatic carbocycles. The van der Waals surface area contributed by atoms with Gasteiger partial charge in [0.25, 0.3) is 0 Å². The first-order valence-electron chi connectivity index (χ1n) is 6.22. The Labute approximate surface area is 96.6 Å². The van der Waals surface area contributed by atoms with Crippen LogP contribution in [0.2, 0.25) is 0 Å². The largest absolute Gasteiger partial charge is 0.325 e. The number of nitrogens with one attached hydrogen (secondary N) is 1. The van der Waals surface area contributed by atoms with Crippen LogP contribution in [0, 0.1) is 11.3 Å². The third-order valence-corrected chi connectivity index (χ3v) is 3.72. The summed E-state index contributed by atoms with van der Waals surface area (Å²) in [6, 6.07) is 2.48. The maximum atomic E-state index is 12.2. The summed E-state index contributed by atoms with van der Waals surface area (Å²) in [6.45, 7) is 2.89. The molecule has 3 atom stereocenters. The van der Waals surface area contributed by atoms with Crippen molar-refractivity contribution in [2.24, 2.45) is 0 Å². The molecule has 0 aromatic rings. The van der Waals surface area contributed by atoms with Crippen LogP contribution in [0.5, 0.6) is 0 Å². The number of carbonyl (C=O) groups is 1. The normalized spacial score (nSPS) is 34.0. The molecule has 2 rings (SSSR count). The average molecular weight is 221 g/mol. The molecule has 2 heterocycles. The van der Waals surface area contributed by atoms with Gasteiger partial charge < -0.3 is 10.2 Å². The minimum Gasteiger partial charge on any atom is -0.325 e. The lowest BCUT2D eigenvalue weighted by Crippen LogP contribution is -2.46. The van der Waals surface area contributed by atoms with Crippen LogP contribution < -0.4 is 5.32 Å². The molecule has 0 aromatic carbocycles. The number of carbonyl (C=O) groups excluding carboxylic acids is 1. The Kier molecular flexibility index (Phi) is 3.45. The van der Waals surface area contributed by atoms with E-state index in [2.05, 4.69) is 18.3 Å². The van der Waals surface area contributed by atoms with Crippen LogP contribution in [-0.4, -0.2) is 35.5 Å². The first-order chi connectivity index (χ1) is 7.76. The number of likely N-dealkylation sites (tertiary alicyclic amines) is 1. The summed E-state index contributed by atoms with van der Waals surface area (Å²) in [7, 11) is 0. The monoisotopic (exact) mass is 221 g/mol. The van der Waals surface area contributed by atoms with Crippen LogP contribution in [0.25, 0.3) is 0 Å². The van der Waals surface area contributed by atoms with Crippen LogP contribution in [0.4, 0.5) is 0 Å². The number of amides is 1. The molecule has 88 valence electrons. The first-order valence-corrected chi connectivity index (χ1v) is 6.22. The summed E-state index contributed by atoms with van der Waals surface area (Å²) in [6.07, 6.45) is 4.88. The number of rotatable bonds is 2. The second kappa shape index (κ2) is 4.84. The van der Waals surface area contributed by atoms with Gasteiger partial charge in [0, 0.05) is 12.6 Å². The summed E-state index contributed by atoms with van der Waals surface area (Å²) >= 11 is 0. The van der Waals surface area contributed by atoms with E-state index in [1.165, 1.54) is 0 Å². The molecule has 0 radical (unpaired) electrons. The highest BCUT2D eigenvalue weighted by molar-refractivity contribution is 5.83. The van der Waals surface area contributed by atoms with E-state index in [-0.39, 0.29) is 18.0 Å². The summed E-state index contributed by atoms with van der Waals surface area (Å²) < 4.78 is 0. The van der Waals surface area contributed by atoms with Gasteiger partial charge in [0.2, 0.25) is 5.91 Å². The minimum atomic E-state index is -0.185. The van der Waals surface area contributed by atoms with Gasteiger partial charge in [0.15, 0.2) is 0 Å². The second-order valence-electron chi connectivity index (χ2n) is 4.72. The molecular weight excluding hydrogens is 202 g/mol. The number of hydrogen-bond donors (Lipinski definition) is 1. The SMILES string of the molecule is CCC1CC[C@@H](C(=O)N2CCC[C@H]2C#N)N1. The van der Waals surface area contributed by atoms with E-state index in [1.54, 1.807) is 4.90 Å². The van der Waals surface area contributed by atoms with E-state index in [1.807, 2.05) is 0 Å². The fourth-order valence-electron chi connectivity index (χ4n) is 2.70. The van der Waals surface area contributed by atoms with Crippen molar-refractivity contribution < 1.29 is 4.79 Å². The van der Waals surface area contributed by atoms with Crippen molar-refractivity contribution in [3.05, 3.63) is 0 Å². The third kappa shape index (κ3) is 2.05. The smallest absolute Gasteiger partial charge is 0.240 e. The van der Waals surface area contributed by atoms with Crippen molar-refractivity contribution in [2.75, 3.05) is 6.54 Å². The van der Waals surface area contributed by atoms with Gasteiger partial charge in [0.05, 0.1) is 12.1 Å². The van der Waals surface area contributed by atoms with E-state index in [9.17, 15) is 4.79 Å². The molecule has 0 spiro atoms. The highest BCUT2D eigenvalue weighted by Crippen LogP contribution is 2.22. The Bertz CT molecular complexity index is 310. The lowest BCUT2D eigenvalue weighted by molar-refractivity contribution is -0.133. The van der Waals surface area contributed by atoms with E-state index in [0.717, 1.165) is 38.6 Å². The molecular formula is C12H19N3O. The van der Waals surface area contributed by atoms with Gasteiger partial charge in [-0.05, 0) is 32.1 Å². The van der Waals surface area contributed by atoms with Gasteiger partial charge in [-0.15, -0.1) is 0 Å². The molecule has 4 heteroatoms. The van der Waals surface area contributed by atoms with Crippen LogP contribution >= 0.6 is 0 Å². The lowest BCUT2D eigenvalue weighted by Gasteiger charge is -2.23. The van der Waals surface area contributed by atoms with Crippen molar-refractivity contribution >= 4 is 5.91 Å². The fourth-order valence-corrected chi connectivity index (χ4v) is 2.70. The van der Waals surface area contributed by atoms with Crippen molar-refractivity contribution in [3.63, 3.8) is 0 Å². The standard InChI is InChI=1S/C12H19N3O/c1-2-9-5-6-11(14-9)12(16)15-7-3-4-10(15)8-13/h9-11,14H,2-7H2,1H3/t9?,10-,11-/m0/s1. The van der Waals surface area contributed by atoms with Crippen molar-refractivity contribution in [1.29, 1.82) is 5.26 Å². The Morgan fingerprint density at radius 1 is 1.50 bits per heavy atom. The van der Waals surface area contributed by atoms with Crippen molar-refractivity contribution in [2.45, 2.75) is 57.2 Å². The molecule has 1 amide bonds. The van der Waals surface area contributed by atoms with Gasteiger partial charge in [0.1, 0.15) is 6.04 Å². The fraction of sp³-hybridized carbons (Fsp3) is 0.833. The highest BCUT2D eigenvalue weighted by atomic mass is 16.2. The predicted molar refractivity (Wildman–Crippen MR) is 60.6 cm³/mol. The first kappa shape index (κ1) is 11.4. The van der Waals surface area contributed by atoms with Crippen LogP contribution in [0.1, 0.15) is 39.0 Å². The van der Waals surface area contributed by atoms with Crippen molar-refractivity contribution in [3.8, 4) is 6.07 Å². The number of nitriles is 1. The predicted octanol–water partition coefficient (Wildman–Crippen LogP) is 1.03. The second-order valence-corrected chi connectivity index (χ2v) is 4.72. The maximum absolute atomic E-state index is 12.2. The van der Waals surface area contributed by atoms with E-state index in [0.29, 0.717) is 6.04 Å². The van der Waals surface area contributed by atoms with Crippen LogP contribution in [-0.2, 0) is 4.79 Å². The van der Waals surface area contributed by atoms with Gasteiger partial charge in [-0.2, -0.15) is 5.26 Å². The molecule has 2 fully saturated rings. The number of hydrogen-bond acceptors (Lipinski definition) is 3. The van der Waals surface area contributed by atoms with E-state index < -0.39 is 0 Å². The lowest BCUT2D eigenvalue weighted by atomic mass is 10.1. The Morgan fingerprint density at radius 2 is 2.31 bits per heavy atom. The van der Waals surface area contributed by atoms with Gasteiger partial charge >= 0.3 is 0 Å². The number of nitrogens with zero attached hydrogens (tertiary/aromatic N) is 2. The minimum absolute atomic E-state index is 0.0427. The zero-order valence-corrected chi connectivity index (χ0v) is 9.78. The molecule has 4 nitrogen and oxygen atoms in total. The Morgan fingerprint density at radius 3 is 2.94 bits per heavy atom. The molecule has 0 saturated carbocycles. The van der Waals surface area contributed by atoms with Crippen LogP contribution in [0.3, 0.4) is 0 Å². The summed E-state index contributed by atoms with van der Waals surface area (Å²) in [5, 5.41) is 12.3. The summed E-state index contributed by atoms with van der Waals surface area (Å²) in [4.78, 5) is 14.0. The molecule has 1 unspecified atom stereocenters. The maximum Gasteiger partial charge on any atom is 0.240 e. The van der Waals surface area contributed by atoms with Gasteiger partial charge in [-0.3, -0.25) is 4.79 Å². The zero-order valence-electron chi connectivity index (χ0n) is 9.78. The highest BCUT2D eigenvalue weighted by Gasteiger charge is 2.36. The molecule has 16 heavy (non-hydrogen) atoms. The zero-order chi connectivity index (χ0) is 11.5. The summed E-state index contributed by atoms with van der Waals surface area (Å²) in [5.41, 5.74) is 0. The quantitative estimate of drug-likeness (QED) is 0.757. The molecule has 2 aliphatic heterocycles. The Balaban J connectivity index is 1.95. The molecule has 0 bridgehead atoms. The van der Waals surface area contributed by atoms with Crippen LogP contribution in [0.15, 0.2) is 0 Å². The van der Waals surface area contributed by atoms with E-state index >= 15 is 0 Å². The summed E-state index contributed by atoms with van der Waals surface area (Å²) in [5.74, 6) is 0.139. The van der Waals surface area contributed by atoms with E-state index in [4.69, 9.17) is 5.26 Å². The molecule has 2 saturated heterocycles. The van der Waals surface area contributed by atoms with Crippen molar-refractivity contribution in [1.82, 2.24) is 10.2 Å². The van der Waals surface area contributed by atoms with Gasteiger partial charge in [-0.25, -0.2) is 0 Å². The third-order valence-electron chi connectivity index (χ3n) is 3.72. The molecule has 2 aliphatic rings. The topological polar surface area (TPSA) is 56.1 Å². The average Bonchev–Trinajstić information content (AvgIpc) is 2.96.